The van der Waals surface area contributed by atoms with Crippen molar-refractivity contribution in [3.05, 3.63) is 50.3 Å². The van der Waals surface area contributed by atoms with Gasteiger partial charge in [0.05, 0.1) is 12.2 Å². The Kier molecular flexibility index (Phi) is 4.51. The van der Waals surface area contributed by atoms with E-state index >= 15 is 0 Å². The molecule has 1 atom stereocenters. The maximum Gasteiger partial charge on any atom is 0.328 e. The molecule has 126 valence electrons. The van der Waals surface area contributed by atoms with Crippen LogP contribution in [-0.2, 0) is 9.53 Å². The van der Waals surface area contributed by atoms with Gasteiger partial charge >= 0.3 is 5.97 Å². The molecule has 0 saturated carbocycles. The van der Waals surface area contributed by atoms with Gasteiger partial charge in [0.15, 0.2) is 0 Å². The van der Waals surface area contributed by atoms with E-state index in [4.69, 9.17) is 4.74 Å². The standard InChI is InChI=1S/C19H21NO4/c1-3-24-19(23)14-6-4-5-11-20(14)16-15(17(21)18(16)22)13-9-7-12(2)8-10-13/h7-10,14H,3-6,11H2,1-2H3. The first-order chi connectivity index (χ1) is 11.5. The van der Waals surface area contributed by atoms with Crippen LogP contribution in [-0.4, -0.2) is 25.2 Å². The van der Waals surface area contributed by atoms with Gasteiger partial charge in [-0.3, -0.25) is 9.59 Å². The van der Waals surface area contributed by atoms with E-state index in [1.165, 1.54) is 0 Å². The summed E-state index contributed by atoms with van der Waals surface area (Å²) in [6.45, 7) is 4.63. The molecule has 1 saturated heterocycles. The highest BCUT2D eigenvalue weighted by atomic mass is 16.5. The summed E-state index contributed by atoms with van der Waals surface area (Å²) in [6.07, 6.45) is 2.45. The molecule has 0 amide bonds. The van der Waals surface area contributed by atoms with Gasteiger partial charge in [0.2, 0.25) is 10.9 Å². The Morgan fingerprint density at radius 3 is 2.54 bits per heavy atom. The third-order valence-corrected chi connectivity index (χ3v) is 4.57. The molecule has 0 bridgehead atoms. The van der Waals surface area contributed by atoms with Gasteiger partial charge < -0.3 is 9.64 Å². The summed E-state index contributed by atoms with van der Waals surface area (Å²) < 4.78 is 5.15. The highest BCUT2D eigenvalue weighted by Gasteiger charge is 2.36. The minimum atomic E-state index is -0.498. The van der Waals surface area contributed by atoms with Crippen molar-refractivity contribution in [1.29, 1.82) is 0 Å². The lowest BCUT2D eigenvalue weighted by molar-refractivity contribution is -0.145. The molecule has 2 aromatic carbocycles. The quantitative estimate of drug-likeness (QED) is 0.636. The lowest BCUT2D eigenvalue weighted by Gasteiger charge is -2.37. The second kappa shape index (κ2) is 6.59. The molecule has 5 heteroatoms. The highest BCUT2D eigenvalue weighted by molar-refractivity contribution is 5.87. The number of ether oxygens (including phenoxy) is 1. The monoisotopic (exact) mass is 327 g/mol. The fourth-order valence-corrected chi connectivity index (χ4v) is 3.32. The lowest BCUT2D eigenvalue weighted by atomic mass is 9.93. The number of carbonyl (C=O) groups is 1. The molecule has 0 aliphatic carbocycles. The molecule has 2 aromatic rings. The van der Waals surface area contributed by atoms with E-state index in [-0.39, 0.29) is 5.97 Å². The molecular formula is C19H21NO4. The number of piperidine rings is 1. The van der Waals surface area contributed by atoms with Gasteiger partial charge in [-0.1, -0.05) is 29.8 Å². The first-order valence-corrected chi connectivity index (χ1v) is 8.38. The van der Waals surface area contributed by atoms with Crippen LogP contribution in [0.5, 0.6) is 0 Å². The summed E-state index contributed by atoms with van der Waals surface area (Å²) >= 11 is 0. The molecule has 24 heavy (non-hydrogen) atoms. The first-order valence-electron chi connectivity index (χ1n) is 8.38. The Labute approximate surface area is 140 Å². The van der Waals surface area contributed by atoms with Gasteiger partial charge in [0.1, 0.15) is 11.7 Å². The van der Waals surface area contributed by atoms with E-state index in [9.17, 15) is 14.4 Å². The van der Waals surface area contributed by atoms with Crippen LogP contribution in [0.1, 0.15) is 31.7 Å². The lowest BCUT2D eigenvalue weighted by Crippen LogP contribution is -2.52. The van der Waals surface area contributed by atoms with Gasteiger partial charge in [-0.25, -0.2) is 4.79 Å². The zero-order valence-corrected chi connectivity index (χ0v) is 14.0. The van der Waals surface area contributed by atoms with Gasteiger partial charge in [-0.2, -0.15) is 0 Å². The maximum atomic E-state index is 12.2. The predicted molar refractivity (Wildman–Crippen MR) is 93.1 cm³/mol. The van der Waals surface area contributed by atoms with Crippen LogP contribution < -0.4 is 15.8 Å². The fourth-order valence-electron chi connectivity index (χ4n) is 3.32. The molecule has 1 fully saturated rings. The summed E-state index contributed by atoms with van der Waals surface area (Å²) in [7, 11) is 0. The number of benzene rings is 1. The Bertz CT molecular complexity index is 815. The van der Waals surface area contributed by atoms with Crippen molar-refractivity contribution < 1.29 is 9.53 Å². The Morgan fingerprint density at radius 2 is 1.88 bits per heavy atom. The molecule has 1 heterocycles. The van der Waals surface area contributed by atoms with Crippen molar-refractivity contribution in [2.24, 2.45) is 0 Å². The number of aryl methyl sites for hydroxylation is 1. The van der Waals surface area contributed by atoms with Gasteiger partial charge in [0, 0.05) is 6.54 Å². The number of rotatable bonds is 4. The molecule has 1 unspecified atom stereocenters. The van der Waals surface area contributed by atoms with Crippen molar-refractivity contribution in [1.82, 2.24) is 0 Å². The number of nitrogens with zero attached hydrogens (tertiary/aromatic N) is 1. The van der Waals surface area contributed by atoms with Gasteiger partial charge in [0.25, 0.3) is 0 Å². The van der Waals surface area contributed by atoms with Crippen LogP contribution in [0.4, 0.5) is 5.69 Å². The molecule has 3 rings (SSSR count). The number of hydrogen-bond acceptors (Lipinski definition) is 5. The number of hydrogen-bond donors (Lipinski definition) is 0. The van der Waals surface area contributed by atoms with Crippen molar-refractivity contribution in [2.45, 2.75) is 39.2 Å². The summed E-state index contributed by atoms with van der Waals surface area (Å²) in [6, 6.07) is 7.03. The average Bonchev–Trinajstić information content (AvgIpc) is 2.60. The predicted octanol–water partition coefficient (Wildman–Crippen LogP) is 2.18. The third-order valence-electron chi connectivity index (χ3n) is 4.57. The normalized spacial score (nSPS) is 17.9. The van der Waals surface area contributed by atoms with Crippen LogP contribution in [0, 0.1) is 6.92 Å². The third kappa shape index (κ3) is 2.75. The van der Waals surface area contributed by atoms with E-state index in [2.05, 4.69) is 0 Å². The minimum Gasteiger partial charge on any atom is -0.464 e. The number of esters is 1. The molecule has 0 aromatic heterocycles. The SMILES string of the molecule is CCOC(=O)C1CCCCN1c1c(-c2ccc(C)cc2)c(=O)c1=O. The summed E-state index contributed by atoms with van der Waals surface area (Å²) in [5.41, 5.74) is 1.65. The summed E-state index contributed by atoms with van der Waals surface area (Å²) in [5.74, 6) is -0.319. The van der Waals surface area contributed by atoms with Crippen molar-refractivity contribution in [3.8, 4) is 11.1 Å². The maximum absolute atomic E-state index is 12.2. The van der Waals surface area contributed by atoms with Crippen LogP contribution in [0.2, 0.25) is 0 Å². The molecule has 1 aliphatic rings. The van der Waals surface area contributed by atoms with Crippen LogP contribution in [0.15, 0.2) is 33.9 Å². The number of carbonyl (C=O) groups excluding carboxylic acids is 1. The second-order valence-corrected chi connectivity index (χ2v) is 6.20. The summed E-state index contributed by atoms with van der Waals surface area (Å²) in [5, 5.41) is 0. The van der Waals surface area contributed by atoms with E-state index in [1.807, 2.05) is 31.2 Å². The minimum absolute atomic E-state index is 0.305. The molecular weight excluding hydrogens is 306 g/mol. The molecule has 1 aliphatic heterocycles. The number of anilines is 1. The molecule has 0 radical (unpaired) electrons. The van der Waals surface area contributed by atoms with Crippen molar-refractivity contribution >= 4 is 11.7 Å². The van der Waals surface area contributed by atoms with Crippen molar-refractivity contribution in [2.75, 3.05) is 18.1 Å². The molecule has 0 spiro atoms. The van der Waals surface area contributed by atoms with Crippen molar-refractivity contribution in [3.63, 3.8) is 0 Å². The topological polar surface area (TPSA) is 63.7 Å². The van der Waals surface area contributed by atoms with Crippen LogP contribution >= 0.6 is 0 Å². The zero-order chi connectivity index (χ0) is 17.3. The first kappa shape index (κ1) is 16.4. The van der Waals surface area contributed by atoms with E-state index in [0.29, 0.717) is 30.8 Å². The van der Waals surface area contributed by atoms with E-state index in [1.54, 1.807) is 11.8 Å². The van der Waals surface area contributed by atoms with Gasteiger partial charge in [-0.05, 0) is 38.7 Å². The highest BCUT2D eigenvalue weighted by Crippen LogP contribution is 2.31. The largest absolute Gasteiger partial charge is 0.464 e. The Morgan fingerprint density at radius 1 is 1.17 bits per heavy atom. The average molecular weight is 327 g/mol. The van der Waals surface area contributed by atoms with E-state index < -0.39 is 16.9 Å². The fraction of sp³-hybridized carbons (Fsp3) is 0.421. The van der Waals surface area contributed by atoms with E-state index in [0.717, 1.165) is 24.0 Å². The molecule has 5 nitrogen and oxygen atoms in total. The second-order valence-electron chi connectivity index (χ2n) is 6.20. The Hall–Kier alpha value is -2.43. The Balaban J connectivity index is 2.01. The van der Waals surface area contributed by atoms with Crippen LogP contribution in [0.3, 0.4) is 0 Å². The van der Waals surface area contributed by atoms with Gasteiger partial charge in [-0.15, -0.1) is 0 Å². The molecule has 0 N–H and O–H groups in total. The van der Waals surface area contributed by atoms with Crippen LogP contribution in [0.25, 0.3) is 11.1 Å². The smallest absolute Gasteiger partial charge is 0.328 e. The summed E-state index contributed by atoms with van der Waals surface area (Å²) in [4.78, 5) is 38.4. The zero-order valence-electron chi connectivity index (χ0n) is 14.0.